The Hall–Kier alpha value is -0.940. The minimum Gasteiger partial charge on any atom is -0.326 e. The van der Waals surface area contributed by atoms with Crippen LogP contribution in [0.15, 0.2) is 6.33 Å². The molecular weight excluding hydrogens is 262 g/mol. The number of nitrogens with two attached hydrogens (primary N) is 1. The van der Waals surface area contributed by atoms with Crippen molar-refractivity contribution < 1.29 is 0 Å². The fraction of sp³-hybridized carbons (Fsp3) is 0.875. The average molecular weight is 291 g/mol. The van der Waals surface area contributed by atoms with Crippen LogP contribution in [0.3, 0.4) is 0 Å². The molecule has 118 valence electrons. The van der Waals surface area contributed by atoms with Crippen LogP contribution in [0.1, 0.15) is 57.7 Å². The molecule has 0 radical (unpaired) electrons. The molecule has 5 nitrogen and oxygen atoms in total. The molecule has 21 heavy (non-hydrogen) atoms. The fourth-order valence-electron chi connectivity index (χ4n) is 4.30. The molecule has 2 fully saturated rings. The Balaban J connectivity index is 1.75. The van der Waals surface area contributed by atoms with Crippen molar-refractivity contribution in [3.05, 3.63) is 12.2 Å². The molecule has 5 heteroatoms. The maximum absolute atomic E-state index is 6.73. The van der Waals surface area contributed by atoms with Gasteiger partial charge in [-0.25, -0.2) is 4.98 Å². The predicted molar refractivity (Wildman–Crippen MR) is 84.0 cm³/mol. The molecular formula is C16H29N5. The first kappa shape index (κ1) is 15.0. The molecule has 1 saturated heterocycles. The normalized spacial score (nSPS) is 23.7. The number of aromatic nitrogens is 3. The van der Waals surface area contributed by atoms with Gasteiger partial charge in [-0.15, -0.1) is 0 Å². The zero-order chi connectivity index (χ0) is 14.7. The number of aryl methyl sites for hydroxylation is 1. The number of hydrogen-bond acceptors (Lipinski definition) is 4. The van der Waals surface area contributed by atoms with E-state index >= 15 is 0 Å². The third-order valence-electron chi connectivity index (χ3n) is 5.43. The van der Waals surface area contributed by atoms with E-state index in [1.165, 1.54) is 51.6 Å². The topological polar surface area (TPSA) is 60.0 Å². The van der Waals surface area contributed by atoms with E-state index < -0.39 is 0 Å². The zero-order valence-corrected chi connectivity index (χ0v) is 13.3. The summed E-state index contributed by atoms with van der Waals surface area (Å²) >= 11 is 0. The Morgan fingerprint density at radius 2 is 1.95 bits per heavy atom. The Morgan fingerprint density at radius 3 is 2.62 bits per heavy atom. The van der Waals surface area contributed by atoms with Crippen LogP contribution < -0.4 is 5.73 Å². The van der Waals surface area contributed by atoms with E-state index in [2.05, 4.69) is 21.9 Å². The van der Waals surface area contributed by atoms with Gasteiger partial charge in [-0.3, -0.25) is 9.58 Å². The van der Waals surface area contributed by atoms with Crippen molar-refractivity contribution >= 4 is 0 Å². The Kier molecular flexibility index (Phi) is 4.60. The Bertz CT molecular complexity index is 443. The van der Waals surface area contributed by atoms with Crippen LogP contribution in [0.5, 0.6) is 0 Å². The third kappa shape index (κ3) is 2.86. The molecule has 1 unspecified atom stereocenters. The highest BCUT2D eigenvalue weighted by Crippen LogP contribution is 2.40. The molecule has 1 aromatic heterocycles. The van der Waals surface area contributed by atoms with Gasteiger partial charge in [0.15, 0.2) is 0 Å². The summed E-state index contributed by atoms with van der Waals surface area (Å²) < 4.78 is 2.03. The Labute approximate surface area is 127 Å². The smallest absolute Gasteiger partial charge is 0.138 e. The summed E-state index contributed by atoms with van der Waals surface area (Å²) in [5.74, 6) is 1.06. The number of likely N-dealkylation sites (tertiary alicyclic amines) is 1. The van der Waals surface area contributed by atoms with Crippen molar-refractivity contribution in [2.75, 3.05) is 13.1 Å². The highest BCUT2D eigenvalue weighted by molar-refractivity contribution is 5.07. The van der Waals surface area contributed by atoms with E-state index in [-0.39, 0.29) is 11.6 Å². The first-order valence-corrected chi connectivity index (χ1v) is 8.63. The highest BCUT2D eigenvalue weighted by atomic mass is 15.3. The summed E-state index contributed by atoms with van der Waals surface area (Å²) in [6, 6.07) is 0.179. The van der Waals surface area contributed by atoms with Crippen molar-refractivity contribution in [3.8, 4) is 0 Å². The van der Waals surface area contributed by atoms with E-state index in [9.17, 15) is 0 Å². The molecule has 1 aromatic rings. The van der Waals surface area contributed by atoms with Crippen LogP contribution in [0.4, 0.5) is 0 Å². The van der Waals surface area contributed by atoms with Gasteiger partial charge in [-0.1, -0.05) is 19.8 Å². The van der Waals surface area contributed by atoms with Gasteiger partial charge in [0.05, 0.1) is 0 Å². The van der Waals surface area contributed by atoms with E-state index in [0.29, 0.717) is 0 Å². The molecule has 0 aromatic carbocycles. The molecule has 1 aliphatic heterocycles. The van der Waals surface area contributed by atoms with Crippen LogP contribution in [-0.2, 0) is 13.0 Å². The largest absolute Gasteiger partial charge is 0.326 e. The molecule has 0 amide bonds. The summed E-state index contributed by atoms with van der Waals surface area (Å²) in [4.78, 5) is 7.14. The number of hydrogen-bond donors (Lipinski definition) is 1. The number of nitrogens with zero attached hydrogens (tertiary/aromatic N) is 4. The van der Waals surface area contributed by atoms with Crippen molar-refractivity contribution in [2.24, 2.45) is 5.73 Å². The lowest BCUT2D eigenvalue weighted by molar-refractivity contribution is 0.0909. The fourth-order valence-corrected chi connectivity index (χ4v) is 4.30. The van der Waals surface area contributed by atoms with Gasteiger partial charge in [0.2, 0.25) is 0 Å². The van der Waals surface area contributed by atoms with E-state index in [0.717, 1.165) is 25.2 Å². The standard InChI is InChI=1S/C16H29N5/c1-2-9-21-15(18-13-19-21)12-14(17)16(7-3-4-8-16)20-10-5-6-11-20/h13-14H,2-12,17H2,1H3. The van der Waals surface area contributed by atoms with Gasteiger partial charge in [0.25, 0.3) is 0 Å². The van der Waals surface area contributed by atoms with E-state index in [4.69, 9.17) is 5.73 Å². The minimum absolute atomic E-state index is 0.179. The van der Waals surface area contributed by atoms with E-state index in [1.54, 1.807) is 6.33 Å². The molecule has 1 atom stereocenters. The summed E-state index contributed by atoms with van der Waals surface area (Å²) in [5, 5.41) is 4.34. The van der Waals surface area contributed by atoms with Gasteiger partial charge >= 0.3 is 0 Å². The predicted octanol–water partition coefficient (Wildman–Crippen LogP) is 1.97. The lowest BCUT2D eigenvalue weighted by Gasteiger charge is -2.43. The van der Waals surface area contributed by atoms with E-state index in [1.807, 2.05) is 4.68 Å². The van der Waals surface area contributed by atoms with Crippen LogP contribution in [0.25, 0.3) is 0 Å². The molecule has 2 N–H and O–H groups in total. The molecule has 1 saturated carbocycles. The molecule has 0 bridgehead atoms. The lowest BCUT2D eigenvalue weighted by atomic mass is 9.84. The zero-order valence-electron chi connectivity index (χ0n) is 13.3. The maximum atomic E-state index is 6.73. The SMILES string of the molecule is CCCn1ncnc1CC(N)C1(N2CCCC2)CCCC1. The van der Waals surface area contributed by atoms with Crippen molar-refractivity contribution in [3.63, 3.8) is 0 Å². The van der Waals surface area contributed by atoms with Gasteiger partial charge in [-0.2, -0.15) is 5.10 Å². The van der Waals surface area contributed by atoms with Gasteiger partial charge < -0.3 is 5.73 Å². The second kappa shape index (κ2) is 6.44. The minimum atomic E-state index is 0.179. The maximum Gasteiger partial charge on any atom is 0.138 e. The monoisotopic (exact) mass is 291 g/mol. The summed E-state index contributed by atoms with van der Waals surface area (Å²) in [5.41, 5.74) is 6.95. The quantitative estimate of drug-likeness (QED) is 0.870. The van der Waals surface area contributed by atoms with Crippen LogP contribution in [0, 0.1) is 0 Å². The van der Waals surface area contributed by atoms with Crippen LogP contribution >= 0.6 is 0 Å². The Morgan fingerprint density at radius 1 is 1.24 bits per heavy atom. The highest BCUT2D eigenvalue weighted by Gasteiger charge is 2.45. The molecule has 1 aliphatic carbocycles. The van der Waals surface area contributed by atoms with Gasteiger partial charge in [-0.05, 0) is 45.2 Å². The van der Waals surface area contributed by atoms with Crippen molar-refractivity contribution in [2.45, 2.75) is 76.4 Å². The second-order valence-corrected chi connectivity index (χ2v) is 6.71. The molecule has 2 heterocycles. The van der Waals surface area contributed by atoms with Crippen molar-refractivity contribution in [1.82, 2.24) is 19.7 Å². The van der Waals surface area contributed by atoms with Crippen LogP contribution in [-0.4, -0.2) is 44.3 Å². The third-order valence-corrected chi connectivity index (χ3v) is 5.43. The second-order valence-electron chi connectivity index (χ2n) is 6.71. The summed E-state index contributed by atoms with van der Waals surface area (Å²) in [6.45, 7) is 5.58. The van der Waals surface area contributed by atoms with Crippen LogP contribution in [0.2, 0.25) is 0 Å². The molecule has 0 spiro atoms. The first-order chi connectivity index (χ1) is 10.3. The summed E-state index contributed by atoms with van der Waals surface area (Å²) in [7, 11) is 0. The van der Waals surface area contributed by atoms with Gasteiger partial charge in [0.1, 0.15) is 12.2 Å². The first-order valence-electron chi connectivity index (χ1n) is 8.63. The van der Waals surface area contributed by atoms with Gasteiger partial charge in [0, 0.05) is 24.5 Å². The molecule has 3 rings (SSSR count). The number of rotatable bonds is 6. The lowest BCUT2D eigenvalue weighted by Crippen LogP contribution is -2.58. The average Bonchev–Trinajstić information content (AvgIpc) is 3.21. The molecule has 2 aliphatic rings. The van der Waals surface area contributed by atoms with Crippen molar-refractivity contribution in [1.29, 1.82) is 0 Å². The summed E-state index contributed by atoms with van der Waals surface area (Å²) in [6.07, 6.45) is 11.5.